The molecule has 0 radical (unpaired) electrons. The van der Waals surface area contributed by atoms with Crippen molar-refractivity contribution in [1.82, 2.24) is 0 Å². The number of sulfonamides is 1. The second-order valence-corrected chi connectivity index (χ2v) is 6.75. The number of anilines is 2. The number of aryl methyl sites for hydroxylation is 3. The normalized spacial score (nSPS) is 11.4. The first-order chi connectivity index (χ1) is 9.70. The molecule has 2 aromatic carbocycles. The molecule has 0 saturated heterocycles. The molecule has 0 heterocycles. The Bertz CT molecular complexity index is 778. The van der Waals surface area contributed by atoms with Gasteiger partial charge in [-0.3, -0.25) is 4.72 Å². The van der Waals surface area contributed by atoms with Gasteiger partial charge in [-0.2, -0.15) is 0 Å². The Morgan fingerprint density at radius 3 is 2.29 bits per heavy atom. The van der Waals surface area contributed by atoms with Crippen LogP contribution in [0.25, 0.3) is 0 Å². The van der Waals surface area contributed by atoms with E-state index in [1.807, 2.05) is 26.0 Å². The molecule has 21 heavy (non-hydrogen) atoms. The van der Waals surface area contributed by atoms with Gasteiger partial charge in [0.15, 0.2) is 0 Å². The van der Waals surface area contributed by atoms with Crippen LogP contribution in [0.15, 0.2) is 35.2 Å². The van der Waals surface area contributed by atoms with Crippen molar-refractivity contribution in [3.8, 4) is 0 Å². The summed E-state index contributed by atoms with van der Waals surface area (Å²) in [5.41, 5.74) is 7.84. The number of hydrogen-bond acceptors (Lipinski definition) is 3. The quantitative estimate of drug-likeness (QED) is 0.856. The van der Waals surface area contributed by atoms with Crippen LogP contribution in [0.3, 0.4) is 0 Å². The van der Waals surface area contributed by atoms with E-state index < -0.39 is 15.8 Å². The molecular formula is C15H17FN2O2S. The third-order valence-corrected chi connectivity index (χ3v) is 4.54. The van der Waals surface area contributed by atoms with Crippen molar-refractivity contribution in [2.24, 2.45) is 0 Å². The molecule has 0 aliphatic carbocycles. The van der Waals surface area contributed by atoms with Gasteiger partial charge in [0.2, 0.25) is 0 Å². The Hall–Kier alpha value is -2.08. The molecule has 3 N–H and O–H groups in total. The molecule has 0 aliphatic rings. The highest BCUT2D eigenvalue weighted by molar-refractivity contribution is 7.92. The predicted octanol–water partition coefficient (Wildman–Crippen LogP) is 3.13. The van der Waals surface area contributed by atoms with Gasteiger partial charge >= 0.3 is 0 Å². The lowest BCUT2D eigenvalue weighted by atomic mass is 10.1. The fraction of sp³-hybridized carbons (Fsp3) is 0.200. The Balaban J connectivity index is 2.43. The Morgan fingerprint density at radius 2 is 1.71 bits per heavy atom. The summed E-state index contributed by atoms with van der Waals surface area (Å²) in [6, 6.07) is 7.77. The first kappa shape index (κ1) is 15.3. The maximum atomic E-state index is 13.5. The number of hydrogen-bond donors (Lipinski definition) is 2. The third-order valence-electron chi connectivity index (χ3n) is 3.19. The summed E-state index contributed by atoms with van der Waals surface area (Å²) < 4.78 is 40.7. The molecular weight excluding hydrogens is 291 g/mol. The Kier molecular flexibility index (Phi) is 3.91. The smallest absolute Gasteiger partial charge is 0.261 e. The molecule has 0 aromatic heterocycles. The second kappa shape index (κ2) is 5.37. The first-order valence-corrected chi connectivity index (χ1v) is 7.85. The van der Waals surface area contributed by atoms with E-state index in [0.29, 0.717) is 5.69 Å². The van der Waals surface area contributed by atoms with Crippen molar-refractivity contribution in [3.05, 3.63) is 52.8 Å². The average Bonchev–Trinajstić information content (AvgIpc) is 2.38. The van der Waals surface area contributed by atoms with Gasteiger partial charge in [-0.1, -0.05) is 17.7 Å². The Labute approximate surface area is 123 Å². The minimum Gasteiger partial charge on any atom is -0.396 e. The number of nitrogens with one attached hydrogen (secondary N) is 1. The highest BCUT2D eigenvalue weighted by Gasteiger charge is 2.18. The van der Waals surface area contributed by atoms with E-state index in [4.69, 9.17) is 5.73 Å². The lowest BCUT2D eigenvalue weighted by Crippen LogP contribution is -2.15. The van der Waals surface area contributed by atoms with Crippen LogP contribution in [0.5, 0.6) is 0 Å². The van der Waals surface area contributed by atoms with Gasteiger partial charge < -0.3 is 5.73 Å². The first-order valence-electron chi connectivity index (χ1n) is 6.36. The molecule has 0 saturated carbocycles. The third kappa shape index (κ3) is 3.16. The molecule has 4 nitrogen and oxygen atoms in total. The van der Waals surface area contributed by atoms with Crippen molar-refractivity contribution >= 4 is 21.4 Å². The highest BCUT2D eigenvalue weighted by atomic mass is 32.2. The molecule has 6 heteroatoms. The number of halogens is 1. The Morgan fingerprint density at radius 1 is 1.05 bits per heavy atom. The van der Waals surface area contributed by atoms with Crippen molar-refractivity contribution in [1.29, 1.82) is 0 Å². The van der Waals surface area contributed by atoms with Crippen LogP contribution in [-0.2, 0) is 10.0 Å². The number of benzene rings is 2. The maximum absolute atomic E-state index is 13.5. The molecule has 2 rings (SSSR count). The molecule has 2 aromatic rings. The van der Waals surface area contributed by atoms with Crippen molar-refractivity contribution < 1.29 is 12.8 Å². The molecule has 0 amide bonds. The van der Waals surface area contributed by atoms with Crippen LogP contribution in [0.2, 0.25) is 0 Å². The SMILES string of the molecule is Cc1ccc(NS(=O)(=O)c2cc(C)c(F)c(N)c2)c(C)c1. The van der Waals surface area contributed by atoms with Crippen molar-refractivity contribution in [3.63, 3.8) is 0 Å². The van der Waals surface area contributed by atoms with Crippen LogP contribution >= 0.6 is 0 Å². The van der Waals surface area contributed by atoms with Gasteiger partial charge in [0.05, 0.1) is 16.3 Å². The maximum Gasteiger partial charge on any atom is 0.261 e. The standard InChI is InChI=1S/C15H17FN2O2S/c1-9-4-5-14(10(2)6-9)18-21(19,20)12-7-11(3)15(16)13(17)8-12/h4-8,18H,17H2,1-3H3. The van der Waals surface area contributed by atoms with Crippen LogP contribution in [0, 0.1) is 26.6 Å². The summed E-state index contributed by atoms with van der Waals surface area (Å²) in [7, 11) is -3.81. The molecule has 0 bridgehead atoms. The lowest BCUT2D eigenvalue weighted by molar-refractivity contribution is 0.599. The summed E-state index contributed by atoms with van der Waals surface area (Å²) in [6.07, 6.45) is 0. The molecule has 0 fully saturated rings. The van der Waals surface area contributed by atoms with E-state index in [1.54, 1.807) is 6.07 Å². The highest BCUT2D eigenvalue weighted by Crippen LogP contribution is 2.24. The van der Waals surface area contributed by atoms with Crippen LogP contribution in [0.4, 0.5) is 15.8 Å². The number of nitrogen functional groups attached to an aromatic ring is 1. The largest absolute Gasteiger partial charge is 0.396 e. The van der Waals surface area contributed by atoms with E-state index in [-0.39, 0.29) is 16.1 Å². The second-order valence-electron chi connectivity index (χ2n) is 5.07. The fourth-order valence-corrected chi connectivity index (χ4v) is 3.30. The van der Waals surface area contributed by atoms with E-state index in [2.05, 4.69) is 4.72 Å². The zero-order chi connectivity index (χ0) is 15.8. The van der Waals surface area contributed by atoms with Gasteiger partial charge in [0.1, 0.15) is 5.82 Å². The van der Waals surface area contributed by atoms with E-state index in [9.17, 15) is 12.8 Å². The van der Waals surface area contributed by atoms with E-state index >= 15 is 0 Å². The van der Waals surface area contributed by atoms with Crippen LogP contribution in [-0.4, -0.2) is 8.42 Å². The van der Waals surface area contributed by atoms with Crippen molar-refractivity contribution in [2.45, 2.75) is 25.7 Å². The van der Waals surface area contributed by atoms with E-state index in [1.165, 1.54) is 13.0 Å². The molecule has 0 unspecified atom stereocenters. The summed E-state index contributed by atoms with van der Waals surface area (Å²) in [4.78, 5) is -0.0566. The van der Waals surface area contributed by atoms with Gasteiger partial charge in [0.25, 0.3) is 10.0 Å². The summed E-state index contributed by atoms with van der Waals surface area (Å²) in [5, 5.41) is 0. The average molecular weight is 308 g/mol. The van der Waals surface area contributed by atoms with Gasteiger partial charge in [0, 0.05) is 0 Å². The summed E-state index contributed by atoms with van der Waals surface area (Å²) in [5.74, 6) is -0.597. The lowest BCUT2D eigenvalue weighted by Gasteiger charge is -2.12. The number of nitrogens with two attached hydrogens (primary N) is 1. The molecule has 112 valence electrons. The minimum atomic E-state index is -3.81. The summed E-state index contributed by atoms with van der Waals surface area (Å²) >= 11 is 0. The van der Waals surface area contributed by atoms with Gasteiger partial charge in [-0.25, -0.2) is 12.8 Å². The zero-order valence-corrected chi connectivity index (χ0v) is 12.9. The van der Waals surface area contributed by atoms with Gasteiger partial charge in [-0.05, 0) is 50.1 Å². The van der Waals surface area contributed by atoms with E-state index in [0.717, 1.165) is 17.2 Å². The van der Waals surface area contributed by atoms with Crippen molar-refractivity contribution in [2.75, 3.05) is 10.5 Å². The molecule has 0 atom stereocenters. The monoisotopic (exact) mass is 308 g/mol. The summed E-state index contributed by atoms with van der Waals surface area (Å²) in [6.45, 7) is 5.21. The van der Waals surface area contributed by atoms with Crippen LogP contribution < -0.4 is 10.5 Å². The number of rotatable bonds is 3. The molecule has 0 spiro atoms. The fourth-order valence-electron chi connectivity index (χ4n) is 2.05. The van der Waals surface area contributed by atoms with Crippen LogP contribution in [0.1, 0.15) is 16.7 Å². The van der Waals surface area contributed by atoms with Gasteiger partial charge in [-0.15, -0.1) is 0 Å². The zero-order valence-electron chi connectivity index (χ0n) is 12.1. The minimum absolute atomic E-state index is 0.0566. The molecule has 0 aliphatic heterocycles. The predicted molar refractivity (Wildman–Crippen MR) is 82.3 cm³/mol. The topological polar surface area (TPSA) is 72.2 Å².